The standard InChI is InChI=1S/C20H21N3O4/c1-25-17-9-16(10-18(26-2)20(17)27-3)22-19(24)13-23-12-15(11-21-23)14-7-5-4-6-8-14/h4-12H,13H2,1-3H3,(H,22,24). The van der Waals surface area contributed by atoms with E-state index in [1.807, 2.05) is 36.5 Å². The third-order valence-electron chi connectivity index (χ3n) is 3.99. The molecule has 0 atom stereocenters. The monoisotopic (exact) mass is 367 g/mol. The molecule has 0 saturated carbocycles. The summed E-state index contributed by atoms with van der Waals surface area (Å²) in [5.74, 6) is 1.19. The number of nitrogens with one attached hydrogen (secondary N) is 1. The summed E-state index contributed by atoms with van der Waals surface area (Å²) in [6, 6.07) is 13.2. The number of methoxy groups -OCH3 is 3. The predicted octanol–water partition coefficient (Wildman–Crippen LogP) is 3.21. The van der Waals surface area contributed by atoms with Crippen molar-refractivity contribution < 1.29 is 19.0 Å². The highest BCUT2D eigenvalue weighted by molar-refractivity contribution is 5.91. The van der Waals surface area contributed by atoms with Gasteiger partial charge in [-0.1, -0.05) is 30.3 Å². The number of aromatic nitrogens is 2. The molecule has 140 valence electrons. The first kappa shape index (κ1) is 18.3. The summed E-state index contributed by atoms with van der Waals surface area (Å²) in [7, 11) is 4.58. The van der Waals surface area contributed by atoms with Crippen LogP contribution in [0.3, 0.4) is 0 Å². The van der Waals surface area contributed by atoms with Crippen LogP contribution in [0, 0.1) is 0 Å². The van der Waals surface area contributed by atoms with E-state index in [1.54, 1.807) is 23.0 Å². The molecule has 0 saturated heterocycles. The van der Waals surface area contributed by atoms with Crippen LogP contribution in [0.15, 0.2) is 54.9 Å². The lowest BCUT2D eigenvalue weighted by Crippen LogP contribution is -2.19. The normalized spacial score (nSPS) is 10.3. The second kappa shape index (κ2) is 8.27. The quantitative estimate of drug-likeness (QED) is 0.694. The summed E-state index contributed by atoms with van der Waals surface area (Å²) in [6.45, 7) is 0.0868. The maximum atomic E-state index is 12.4. The molecule has 3 rings (SSSR count). The molecule has 3 aromatic rings. The second-order valence-corrected chi connectivity index (χ2v) is 5.75. The molecule has 0 fully saturated rings. The van der Waals surface area contributed by atoms with Crippen LogP contribution in [0.5, 0.6) is 17.2 Å². The molecule has 27 heavy (non-hydrogen) atoms. The maximum absolute atomic E-state index is 12.4. The molecule has 0 bridgehead atoms. The fraction of sp³-hybridized carbons (Fsp3) is 0.200. The molecule has 0 aliphatic heterocycles. The fourth-order valence-electron chi connectivity index (χ4n) is 2.73. The number of hydrogen-bond donors (Lipinski definition) is 1. The van der Waals surface area contributed by atoms with E-state index < -0.39 is 0 Å². The molecule has 7 heteroatoms. The van der Waals surface area contributed by atoms with Gasteiger partial charge in [0.25, 0.3) is 0 Å². The van der Waals surface area contributed by atoms with E-state index in [9.17, 15) is 4.79 Å². The van der Waals surface area contributed by atoms with Crippen molar-refractivity contribution in [3.63, 3.8) is 0 Å². The van der Waals surface area contributed by atoms with E-state index >= 15 is 0 Å². The summed E-state index contributed by atoms with van der Waals surface area (Å²) in [4.78, 5) is 12.4. The number of nitrogens with zero attached hydrogens (tertiary/aromatic N) is 2. The van der Waals surface area contributed by atoms with Crippen molar-refractivity contribution in [3.8, 4) is 28.4 Å². The number of carbonyl (C=O) groups excluding carboxylic acids is 1. The number of anilines is 1. The Kier molecular flexibility index (Phi) is 5.61. The van der Waals surface area contributed by atoms with Crippen molar-refractivity contribution in [2.75, 3.05) is 26.6 Å². The number of rotatable bonds is 7. The summed E-state index contributed by atoms with van der Waals surface area (Å²) < 4.78 is 17.5. The van der Waals surface area contributed by atoms with E-state index in [2.05, 4.69) is 10.4 Å². The van der Waals surface area contributed by atoms with Gasteiger partial charge in [0.1, 0.15) is 6.54 Å². The Balaban J connectivity index is 1.72. The zero-order valence-corrected chi connectivity index (χ0v) is 15.4. The van der Waals surface area contributed by atoms with Crippen LogP contribution in [0.25, 0.3) is 11.1 Å². The number of carbonyl (C=O) groups is 1. The highest BCUT2D eigenvalue weighted by Crippen LogP contribution is 2.39. The number of ether oxygens (including phenoxy) is 3. The van der Waals surface area contributed by atoms with Gasteiger partial charge in [0.2, 0.25) is 11.7 Å². The summed E-state index contributed by atoms with van der Waals surface area (Å²) in [5, 5.41) is 7.08. The van der Waals surface area contributed by atoms with Crippen LogP contribution in [-0.4, -0.2) is 37.0 Å². The maximum Gasteiger partial charge on any atom is 0.246 e. The molecular formula is C20H21N3O4. The summed E-state index contributed by atoms with van der Waals surface area (Å²) in [5.41, 5.74) is 2.55. The van der Waals surface area contributed by atoms with Gasteiger partial charge in [0.05, 0.1) is 27.5 Å². The van der Waals surface area contributed by atoms with E-state index in [0.29, 0.717) is 22.9 Å². The zero-order valence-electron chi connectivity index (χ0n) is 15.4. The van der Waals surface area contributed by atoms with Gasteiger partial charge in [0, 0.05) is 29.6 Å². The van der Waals surface area contributed by atoms with Crippen LogP contribution in [-0.2, 0) is 11.3 Å². The molecule has 2 aromatic carbocycles. The Morgan fingerprint density at radius 1 is 1.00 bits per heavy atom. The Morgan fingerprint density at radius 2 is 1.67 bits per heavy atom. The van der Waals surface area contributed by atoms with Crippen molar-refractivity contribution in [2.24, 2.45) is 0 Å². The van der Waals surface area contributed by atoms with Crippen LogP contribution < -0.4 is 19.5 Å². The van der Waals surface area contributed by atoms with Crippen molar-refractivity contribution in [1.29, 1.82) is 0 Å². The molecular weight excluding hydrogens is 346 g/mol. The third-order valence-corrected chi connectivity index (χ3v) is 3.99. The number of benzene rings is 2. The van der Waals surface area contributed by atoms with Crippen LogP contribution in [0.4, 0.5) is 5.69 Å². The van der Waals surface area contributed by atoms with Gasteiger partial charge in [0.15, 0.2) is 11.5 Å². The molecule has 0 aliphatic carbocycles. The third kappa shape index (κ3) is 4.20. The molecule has 1 N–H and O–H groups in total. The van der Waals surface area contributed by atoms with E-state index in [4.69, 9.17) is 14.2 Å². The van der Waals surface area contributed by atoms with Crippen LogP contribution in [0.1, 0.15) is 0 Å². The molecule has 1 aromatic heterocycles. The Morgan fingerprint density at radius 3 is 2.26 bits per heavy atom. The van der Waals surface area contributed by atoms with Gasteiger partial charge in [-0.15, -0.1) is 0 Å². The first-order valence-corrected chi connectivity index (χ1v) is 8.32. The average molecular weight is 367 g/mol. The topological polar surface area (TPSA) is 74.6 Å². The molecule has 1 heterocycles. The second-order valence-electron chi connectivity index (χ2n) is 5.75. The van der Waals surface area contributed by atoms with E-state index in [1.165, 1.54) is 21.3 Å². The first-order chi connectivity index (χ1) is 13.1. The lowest BCUT2D eigenvalue weighted by atomic mass is 10.1. The molecule has 7 nitrogen and oxygen atoms in total. The van der Waals surface area contributed by atoms with Gasteiger partial charge >= 0.3 is 0 Å². The summed E-state index contributed by atoms with van der Waals surface area (Å²) in [6.07, 6.45) is 3.58. The van der Waals surface area contributed by atoms with Gasteiger partial charge in [-0.2, -0.15) is 5.10 Å². The van der Waals surface area contributed by atoms with Gasteiger partial charge in [-0.3, -0.25) is 9.48 Å². The lowest BCUT2D eigenvalue weighted by molar-refractivity contribution is -0.116. The van der Waals surface area contributed by atoms with Gasteiger partial charge in [-0.25, -0.2) is 0 Å². The smallest absolute Gasteiger partial charge is 0.246 e. The highest BCUT2D eigenvalue weighted by atomic mass is 16.5. The molecule has 0 unspecified atom stereocenters. The van der Waals surface area contributed by atoms with E-state index in [-0.39, 0.29) is 12.5 Å². The highest BCUT2D eigenvalue weighted by Gasteiger charge is 2.15. The first-order valence-electron chi connectivity index (χ1n) is 8.32. The van der Waals surface area contributed by atoms with Crippen LogP contribution >= 0.6 is 0 Å². The Bertz CT molecular complexity index is 897. The Hall–Kier alpha value is -3.48. The fourth-order valence-corrected chi connectivity index (χ4v) is 2.73. The predicted molar refractivity (Wildman–Crippen MR) is 102 cm³/mol. The van der Waals surface area contributed by atoms with Crippen LogP contribution in [0.2, 0.25) is 0 Å². The number of hydrogen-bond acceptors (Lipinski definition) is 5. The zero-order chi connectivity index (χ0) is 19.2. The van der Waals surface area contributed by atoms with Crippen molar-refractivity contribution in [1.82, 2.24) is 9.78 Å². The Labute approximate surface area is 157 Å². The minimum atomic E-state index is -0.216. The average Bonchev–Trinajstić information content (AvgIpc) is 3.16. The number of amides is 1. The lowest BCUT2D eigenvalue weighted by Gasteiger charge is -2.14. The minimum absolute atomic E-state index is 0.0868. The van der Waals surface area contributed by atoms with Crippen molar-refractivity contribution >= 4 is 11.6 Å². The van der Waals surface area contributed by atoms with E-state index in [0.717, 1.165) is 11.1 Å². The minimum Gasteiger partial charge on any atom is -0.493 e. The van der Waals surface area contributed by atoms with Gasteiger partial charge < -0.3 is 19.5 Å². The molecule has 1 amide bonds. The van der Waals surface area contributed by atoms with Crippen molar-refractivity contribution in [3.05, 3.63) is 54.9 Å². The molecule has 0 radical (unpaired) electrons. The van der Waals surface area contributed by atoms with Gasteiger partial charge in [-0.05, 0) is 5.56 Å². The SMILES string of the molecule is COc1cc(NC(=O)Cn2cc(-c3ccccc3)cn2)cc(OC)c1OC. The molecule has 0 spiro atoms. The summed E-state index contributed by atoms with van der Waals surface area (Å²) >= 11 is 0. The largest absolute Gasteiger partial charge is 0.493 e. The molecule has 0 aliphatic rings. The van der Waals surface area contributed by atoms with Crippen molar-refractivity contribution in [2.45, 2.75) is 6.54 Å².